The monoisotopic (exact) mass is 459 g/mol. The van der Waals surface area contributed by atoms with E-state index in [1.54, 1.807) is 24.3 Å². The first kappa shape index (κ1) is 21.8. The van der Waals surface area contributed by atoms with Crippen molar-refractivity contribution in [1.82, 2.24) is 4.90 Å². The van der Waals surface area contributed by atoms with Gasteiger partial charge in [0.2, 0.25) is 0 Å². The van der Waals surface area contributed by atoms with E-state index in [1.807, 2.05) is 44.2 Å². The molecule has 2 unspecified atom stereocenters. The Bertz CT molecular complexity index is 1260. The van der Waals surface area contributed by atoms with E-state index in [0.29, 0.717) is 24.4 Å². The van der Waals surface area contributed by atoms with E-state index >= 15 is 0 Å². The summed E-state index contributed by atoms with van der Waals surface area (Å²) in [6.07, 6.45) is 2.25. The molecule has 1 aromatic heterocycles. The van der Waals surface area contributed by atoms with E-state index in [0.717, 1.165) is 22.6 Å². The number of Topliss-reactive ketones (excluding diaryl/α,β-unsaturated/α-hetero) is 1. The molecule has 0 radical (unpaired) electrons. The van der Waals surface area contributed by atoms with Gasteiger partial charge in [-0.2, -0.15) is 0 Å². The van der Waals surface area contributed by atoms with Gasteiger partial charge in [0.05, 0.1) is 18.4 Å². The summed E-state index contributed by atoms with van der Waals surface area (Å²) in [6.45, 7) is 4.61. The van der Waals surface area contributed by atoms with Crippen LogP contribution in [0.25, 0.3) is 5.76 Å². The number of aliphatic hydroxyl groups excluding tert-OH is 1. The van der Waals surface area contributed by atoms with Crippen LogP contribution in [-0.2, 0) is 22.6 Å². The highest BCUT2D eigenvalue weighted by Crippen LogP contribution is 2.41. The highest BCUT2D eigenvalue weighted by atomic mass is 16.5. The molecular formula is C27H25NO6. The molecule has 0 saturated carbocycles. The molecule has 1 saturated heterocycles. The van der Waals surface area contributed by atoms with Crippen molar-refractivity contribution in [1.29, 1.82) is 0 Å². The zero-order valence-electron chi connectivity index (χ0n) is 19.0. The van der Waals surface area contributed by atoms with Crippen LogP contribution in [-0.4, -0.2) is 34.4 Å². The number of rotatable bonds is 6. The predicted octanol–water partition coefficient (Wildman–Crippen LogP) is 4.62. The first-order valence-electron chi connectivity index (χ1n) is 11.3. The minimum atomic E-state index is -0.843. The van der Waals surface area contributed by atoms with Crippen molar-refractivity contribution in [2.75, 3.05) is 6.61 Å². The fourth-order valence-corrected chi connectivity index (χ4v) is 4.57. The van der Waals surface area contributed by atoms with Crippen LogP contribution >= 0.6 is 0 Å². The smallest absolute Gasteiger partial charge is 0.296 e. The Morgan fingerprint density at radius 3 is 2.65 bits per heavy atom. The van der Waals surface area contributed by atoms with Crippen LogP contribution in [0.5, 0.6) is 11.5 Å². The van der Waals surface area contributed by atoms with Crippen LogP contribution in [0.4, 0.5) is 0 Å². The molecule has 1 amide bonds. The predicted molar refractivity (Wildman–Crippen MR) is 124 cm³/mol. The number of amides is 1. The summed E-state index contributed by atoms with van der Waals surface area (Å²) < 4.78 is 16.8. The molecule has 0 bridgehead atoms. The van der Waals surface area contributed by atoms with Crippen molar-refractivity contribution in [3.63, 3.8) is 0 Å². The molecule has 1 N–H and O–H groups in total. The molecule has 174 valence electrons. The van der Waals surface area contributed by atoms with Gasteiger partial charge in [-0.1, -0.05) is 12.1 Å². The van der Waals surface area contributed by atoms with Crippen molar-refractivity contribution < 1.29 is 28.6 Å². The average molecular weight is 459 g/mol. The summed E-state index contributed by atoms with van der Waals surface area (Å²) in [5, 5.41) is 11.2. The maximum atomic E-state index is 13.2. The zero-order valence-corrected chi connectivity index (χ0v) is 19.0. The molecular weight excluding hydrogens is 434 g/mol. The van der Waals surface area contributed by atoms with Crippen LogP contribution in [0, 0.1) is 0 Å². The number of fused-ring (bicyclic) bond motifs is 1. The Morgan fingerprint density at radius 1 is 1.15 bits per heavy atom. The van der Waals surface area contributed by atoms with Gasteiger partial charge in [0.25, 0.3) is 11.7 Å². The molecule has 2 aromatic carbocycles. The lowest BCUT2D eigenvalue weighted by atomic mass is 9.97. The van der Waals surface area contributed by atoms with Crippen LogP contribution < -0.4 is 9.47 Å². The SMILES string of the molecule is CCOc1ccc(CN2C(=O)C(=O)/C(=C(\O)c3ccc4c(c3)CC(C)O4)C2c2ccco2)cc1. The van der Waals surface area contributed by atoms with Gasteiger partial charge in [0.1, 0.15) is 35.2 Å². The summed E-state index contributed by atoms with van der Waals surface area (Å²) >= 11 is 0. The number of ketones is 1. The molecule has 1 fully saturated rings. The zero-order chi connectivity index (χ0) is 23.8. The van der Waals surface area contributed by atoms with E-state index in [1.165, 1.54) is 11.2 Å². The molecule has 2 atom stereocenters. The minimum Gasteiger partial charge on any atom is -0.507 e. The highest BCUT2D eigenvalue weighted by molar-refractivity contribution is 6.46. The molecule has 0 aliphatic carbocycles. The topological polar surface area (TPSA) is 89.2 Å². The van der Waals surface area contributed by atoms with E-state index in [2.05, 4.69) is 0 Å². The molecule has 2 aliphatic heterocycles. The Hall–Kier alpha value is -4.00. The fraction of sp³-hybridized carbons (Fsp3) is 0.259. The third kappa shape index (κ3) is 3.83. The van der Waals surface area contributed by atoms with Crippen molar-refractivity contribution >= 4 is 17.4 Å². The minimum absolute atomic E-state index is 0.0119. The summed E-state index contributed by atoms with van der Waals surface area (Å²) in [6, 6.07) is 15.2. The number of hydrogen-bond donors (Lipinski definition) is 1. The van der Waals surface area contributed by atoms with Crippen molar-refractivity contribution in [3.05, 3.63) is 88.9 Å². The first-order chi connectivity index (χ1) is 16.5. The molecule has 7 heteroatoms. The number of furan rings is 1. The third-order valence-electron chi connectivity index (χ3n) is 6.11. The number of carbonyl (C=O) groups is 2. The van der Waals surface area contributed by atoms with Crippen LogP contribution in [0.2, 0.25) is 0 Å². The number of ether oxygens (including phenoxy) is 2. The second-order valence-corrected chi connectivity index (χ2v) is 8.47. The number of hydrogen-bond acceptors (Lipinski definition) is 6. The summed E-state index contributed by atoms with van der Waals surface area (Å²) in [5.74, 6) is 0.249. The normalized spacial score (nSPS) is 20.9. The highest BCUT2D eigenvalue weighted by Gasteiger charge is 2.47. The molecule has 3 heterocycles. The average Bonchev–Trinajstić information content (AvgIpc) is 3.54. The lowest BCUT2D eigenvalue weighted by Crippen LogP contribution is -2.29. The fourth-order valence-electron chi connectivity index (χ4n) is 4.57. The number of benzene rings is 2. The number of likely N-dealkylation sites (tertiary alicyclic amines) is 1. The summed E-state index contributed by atoms with van der Waals surface area (Å²) in [4.78, 5) is 27.7. The largest absolute Gasteiger partial charge is 0.507 e. The lowest BCUT2D eigenvalue weighted by Gasteiger charge is -2.23. The van der Waals surface area contributed by atoms with Gasteiger partial charge in [0.15, 0.2) is 0 Å². The Kier molecular flexibility index (Phi) is 5.61. The molecule has 34 heavy (non-hydrogen) atoms. The second kappa shape index (κ2) is 8.74. The Labute approximate surface area is 197 Å². The lowest BCUT2D eigenvalue weighted by molar-refractivity contribution is -0.140. The Morgan fingerprint density at radius 2 is 1.94 bits per heavy atom. The van der Waals surface area contributed by atoms with E-state index < -0.39 is 17.7 Å². The van der Waals surface area contributed by atoms with Crippen LogP contribution in [0.15, 0.2) is 70.9 Å². The van der Waals surface area contributed by atoms with Crippen molar-refractivity contribution in [2.45, 2.75) is 39.0 Å². The van der Waals surface area contributed by atoms with Crippen molar-refractivity contribution in [2.24, 2.45) is 0 Å². The van der Waals surface area contributed by atoms with Gasteiger partial charge < -0.3 is 23.9 Å². The van der Waals surface area contributed by atoms with Gasteiger partial charge in [-0.3, -0.25) is 9.59 Å². The van der Waals surface area contributed by atoms with E-state index in [4.69, 9.17) is 13.9 Å². The maximum Gasteiger partial charge on any atom is 0.296 e. The molecule has 0 spiro atoms. The standard InChI is InChI=1S/C27H25NO6/c1-3-32-20-9-6-17(7-10-20)15-28-24(22-5-4-12-33-22)23(26(30)27(28)31)25(29)18-8-11-21-19(14-18)13-16(2)34-21/h4-12,14,16,24,29H,3,13,15H2,1-2H3/b25-23-. The Balaban J connectivity index is 1.54. The molecule has 7 nitrogen and oxygen atoms in total. The summed E-state index contributed by atoms with van der Waals surface area (Å²) in [7, 11) is 0. The summed E-state index contributed by atoms with van der Waals surface area (Å²) in [5.41, 5.74) is 2.25. The first-order valence-corrected chi connectivity index (χ1v) is 11.3. The van der Waals surface area contributed by atoms with E-state index in [-0.39, 0.29) is 24.0 Å². The van der Waals surface area contributed by atoms with Gasteiger partial charge in [-0.25, -0.2) is 0 Å². The quantitative estimate of drug-likeness (QED) is 0.329. The molecule has 5 rings (SSSR count). The number of carbonyl (C=O) groups excluding carboxylic acids is 2. The van der Waals surface area contributed by atoms with Crippen LogP contribution in [0.1, 0.15) is 42.3 Å². The van der Waals surface area contributed by atoms with Gasteiger partial charge in [-0.05, 0) is 67.4 Å². The van der Waals surface area contributed by atoms with Gasteiger partial charge >= 0.3 is 0 Å². The van der Waals surface area contributed by atoms with E-state index in [9.17, 15) is 14.7 Å². The maximum absolute atomic E-state index is 13.2. The third-order valence-corrected chi connectivity index (χ3v) is 6.11. The second-order valence-electron chi connectivity index (χ2n) is 8.47. The van der Waals surface area contributed by atoms with Gasteiger partial charge in [0, 0.05) is 18.5 Å². The molecule has 2 aliphatic rings. The van der Waals surface area contributed by atoms with Crippen LogP contribution in [0.3, 0.4) is 0 Å². The molecule has 3 aromatic rings. The number of aliphatic hydroxyl groups is 1. The number of nitrogens with zero attached hydrogens (tertiary/aromatic N) is 1. The van der Waals surface area contributed by atoms with Gasteiger partial charge in [-0.15, -0.1) is 0 Å². The van der Waals surface area contributed by atoms with Crippen molar-refractivity contribution in [3.8, 4) is 11.5 Å².